The first-order chi connectivity index (χ1) is 7.83. The van der Waals surface area contributed by atoms with Crippen LogP contribution in [0.25, 0.3) is 0 Å². The van der Waals surface area contributed by atoms with Crippen LogP contribution in [0, 0.1) is 0 Å². The molecule has 2 fully saturated rings. The molecule has 0 aromatic heterocycles. The summed E-state index contributed by atoms with van der Waals surface area (Å²) in [6, 6.07) is 0.322. The van der Waals surface area contributed by atoms with E-state index in [1.54, 1.807) is 0 Å². The molecule has 16 heavy (non-hydrogen) atoms. The summed E-state index contributed by atoms with van der Waals surface area (Å²) in [7, 11) is 1.92. The molecule has 92 valence electrons. The number of carbonyl (C=O) groups excluding carboxylic acids is 1. The number of amides is 1. The Bertz CT molecular complexity index is 241. The third kappa shape index (κ3) is 2.53. The fourth-order valence-corrected chi connectivity index (χ4v) is 2.39. The van der Waals surface area contributed by atoms with Crippen molar-refractivity contribution in [2.45, 2.75) is 25.0 Å². The zero-order chi connectivity index (χ0) is 11.4. The number of carbonyl (C=O) groups is 1. The average Bonchev–Trinajstić information content (AvgIpc) is 2.78. The highest BCUT2D eigenvalue weighted by atomic mass is 16.6. The lowest BCUT2D eigenvalue weighted by Crippen LogP contribution is -2.49. The van der Waals surface area contributed by atoms with E-state index in [9.17, 15) is 4.79 Å². The summed E-state index contributed by atoms with van der Waals surface area (Å²) in [6.07, 6.45) is 1.79. The number of likely N-dealkylation sites (N-methyl/N-ethyl adjacent to an activating group) is 1. The first-order valence-electron chi connectivity index (χ1n) is 5.97. The quantitative estimate of drug-likeness (QED) is 0.715. The van der Waals surface area contributed by atoms with Crippen LogP contribution in [0.3, 0.4) is 0 Å². The molecule has 2 unspecified atom stereocenters. The van der Waals surface area contributed by atoms with Crippen molar-refractivity contribution in [3.63, 3.8) is 0 Å². The Morgan fingerprint density at radius 2 is 2.38 bits per heavy atom. The van der Waals surface area contributed by atoms with Crippen LogP contribution < -0.4 is 5.32 Å². The molecule has 2 saturated heterocycles. The van der Waals surface area contributed by atoms with Crippen LogP contribution in [0.1, 0.15) is 12.8 Å². The fraction of sp³-hybridized carbons (Fsp3) is 0.909. The van der Waals surface area contributed by atoms with Gasteiger partial charge in [0.15, 0.2) is 6.10 Å². The molecule has 1 amide bonds. The summed E-state index contributed by atoms with van der Waals surface area (Å²) in [4.78, 5) is 14.1. The van der Waals surface area contributed by atoms with Crippen molar-refractivity contribution in [1.82, 2.24) is 10.2 Å². The molecule has 2 aliphatic heterocycles. The monoisotopic (exact) mass is 228 g/mol. The lowest BCUT2D eigenvalue weighted by molar-refractivity contribution is -0.158. The van der Waals surface area contributed by atoms with Crippen molar-refractivity contribution in [2.75, 3.05) is 40.0 Å². The van der Waals surface area contributed by atoms with Crippen LogP contribution in [0.15, 0.2) is 0 Å². The van der Waals surface area contributed by atoms with Gasteiger partial charge in [0.2, 0.25) is 0 Å². The Kier molecular flexibility index (Phi) is 4.15. The molecule has 0 spiro atoms. The summed E-state index contributed by atoms with van der Waals surface area (Å²) in [5.41, 5.74) is 0. The van der Waals surface area contributed by atoms with E-state index < -0.39 is 0 Å². The third-order valence-corrected chi connectivity index (χ3v) is 3.19. The van der Waals surface area contributed by atoms with Gasteiger partial charge in [-0.15, -0.1) is 0 Å². The zero-order valence-electron chi connectivity index (χ0n) is 9.78. The second kappa shape index (κ2) is 5.61. The van der Waals surface area contributed by atoms with Crippen LogP contribution in [0.4, 0.5) is 0 Å². The van der Waals surface area contributed by atoms with Crippen molar-refractivity contribution in [1.29, 1.82) is 0 Å². The Labute approximate surface area is 96.1 Å². The zero-order valence-corrected chi connectivity index (χ0v) is 9.78. The highest BCUT2D eigenvalue weighted by molar-refractivity contribution is 5.81. The van der Waals surface area contributed by atoms with E-state index in [1.165, 1.54) is 0 Å². The van der Waals surface area contributed by atoms with Gasteiger partial charge in [-0.1, -0.05) is 0 Å². The van der Waals surface area contributed by atoms with E-state index in [0.717, 1.165) is 25.9 Å². The molecule has 0 radical (unpaired) electrons. The SMILES string of the molecule is CNCC1CCCN1C(=O)C1COCCO1. The molecule has 0 aromatic rings. The van der Waals surface area contributed by atoms with Gasteiger partial charge < -0.3 is 19.7 Å². The normalized spacial score (nSPS) is 30.7. The van der Waals surface area contributed by atoms with E-state index in [2.05, 4.69) is 5.32 Å². The Hall–Kier alpha value is -0.650. The Morgan fingerprint density at radius 1 is 1.50 bits per heavy atom. The molecule has 2 aliphatic rings. The number of nitrogens with one attached hydrogen (secondary N) is 1. The average molecular weight is 228 g/mol. The number of rotatable bonds is 3. The maximum Gasteiger partial charge on any atom is 0.254 e. The van der Waals surface area contributed by atoms with Crippen molar-refractivity contribution in [3.05, 3.63) is 0 Å². The highest BCUT2D eigenvalue weighted by Gasteiger charge is 2.34. The minimum Gasteiger partial charge on any atom is -0.376 e. The van der Waals surface area contributed by atoms with E-state index >= 15 is 0 Å². The van der Waals surface area contributed by atoms with Crippen molar-refractivity contribution >= 4 is 5.91 Å². The van der Waals surface area contributed by atoms with Gasteiger partial charge in [0.1, 0.15) is 0 Å². The first-order valence-corrected chi connectivity index (χ1v) is 5.97. The minimum absolute atomic E-state index is 0.0949. The molecule has 1 N–H and O–H groups in total. The maximum absolute atomic E-state index is 12.2. The molecular formula is C11H20N2O3. The van der Waals surface area contributed by atoms with E-state index in [4.69, 9.17) is 9.47 Å². The van der Waals surface area contributed by atoms with Crippen LogP contribution >= 0.6 is 0 Å². The van der Waals surface area contributed by atoms with Gasteiger partial charge in [-0.3, -0.25) is 4.79 Å². The predicted octanol–water partition coefficient (Wildman–Crippen LogP) is -0.388. The van der Waals surface area contributed by atoms with Crippen molar-refractivity contribution in [3.8, 4) is 0 Å². The van der Waals surface area contributed by atoms with Gasteiger partial charge in [-0.2, -0.15) is 0 Å². The van der Waals surface area contributed by atoms with Crippen molar-refractivity contribution < 1.29 is 14.3 Å². The summed E-state index contributed by atoms with van der Waals surface area (Å²) in [6.45, 7) is 3.25. The van der Waals surface area contributed by atoms with Gasteiger partial charge in [-0.05, 0) is 19.9 Å². The molecule has 0 aromatic carbocycles. The van der Waals surface area contributed by atoms with Crippen LogP contribution in [-0.2, 0) is 14.3 Å². The second-order valence-corrected chi connectivity index (χ2v) is 4.32. The van der Waals surface area contributed by atoms with E-state index in [1.807, 2.05) is 11.9 Å². The molecule has 2 rings (SSSR count). The fourth-order valence-electron chi connectivity index (χ4n) is 2.39. The Morgan fingerprint density at radius 3 is 3.06 bits per heavy atom. The van der Waals surface area contributed by atoms with Gasteiger partial charge >= 0.3 is 0 Å². The summed E-state index contributed by atoms with van der Waals surface area (Å²) in [5.74, 6) is 0.0949. The first kappa shape index (κ1) is 11.8. The maximum atomic E-state index is 12.2. The smallest absolute Gasteiger partial charge is 0.254 e. The second-order valence-electron chi connectivity index (χ2n) is 4.32. The number of hydrogen-bond acceptors (Lipinski definition) is 4. The molecule has 5 nitrogen and oxygen atoms in total. The standard InChI is InChI=1S/C11H20N2O3/c1-12-7-9-3-2-4-13(9)11(14)10-8-15-5-6-16-10/h9-10,12H,2-8H2,1H3. The van der Waals surface area contributed by atoms with Gasteiger partial charge in [-0.25, -0.2) is 0 Å². The molecule has 5 heteroatoms. The largest absolute Gasteiger partial charge is 0.376 e. The lowest BCUT2D eigenvalue weighted by Gasteiger charge is -2.30. The van der Waals surface area contributed by atoms with Crippen LogP contribution in [0.2, 0.25) is 0 Å². The molecular weight excluding hydrogens is 208 g/mol. The summed E-state index contributed by atoms with van der Waals surface area (Å²) < 4.78 is 10.7. The summed E-state index contributed by atoms with van der Waals surface area (Å²) in [5, 5.41) is 3.13. The molecule has 2 atom stereocenters. The van der Waals surface area contributed by atoms with Gasteiger partial charge in [0.05, 0.1) is 19.8 Å². The van der Waals surface area contributed by atoms with Crippen LogP contribution in [0.5, 0.6) is 0 Å². The topological polar surface area (TPSA) is 50.8 Å². The number of hydrogen-bond donors (Lipinski definition) is 1. The number of nitrogens with zero attached hydrogens (tertiary/aromatic N) is 1. The molecule has 0 bridgehead atoms. The summed E-state index contributed by atoms with van der Waals surface area (Å²) >= 11 is 0. The molecule has 0 aliphatic carbocycles. The molecule has 0 saturated carbocycles. The third-order valence-electron chi connectivity index (χ3n) is 3.19. The molecule has 2 heterocycles. The lowest BCUT2D eigenvalue weighted by atomic mass is 10.2. The van der Waals surface area contributed by atoms with E-state index in [-0.39, 0.29) is 12.0 Å². The van der Waals surface area contributed by atoms with E-state index in [0.29, 0.717) is 25.9 Å². The minimum atomic E-state index is -0.383. The van der Waals surface area contributed by atoms with Gasteiger partial charge in [0.25, 0.3) is 5.91 Å². The van der Waals surface area contributed by atoms with Gasteiger partial charge in [0, 0.05) is 19.1 Å². The predicted molar refractivity (Wildman–Crippen MR) is 59.2 cm³/mol. The Balaban J connectivity index is 1.91. The van der Waals surface area contributed by atoms with Crippen LogP contribution in [-0.4, -0.2) is 62.9 Å². The number of likely N-dealkylation sites (tertiary alicyclic amines) is 1. The highest BCUT2D eigenvalue weighted by Crippen LogP contribution is 2.19. The van der Waals surface area contributed by atoms with Crippen molar-refractivity contribution in [2.24, 2.45) is 0 Å². The number of ether oxygens (including phenoxy) is 2.